The maximum atomic E-state index is 5.54. The maximum Gasteiger partial charge on any atom is 0.0260 e. The van der Waals surface area contributed by atoms with Crippen LogP contribution in [0, 0.1) is 5.41 Å². The highest BCUT2D eigenvalue weighted by molar-refractivity contribution is 6.18. The molecule has 54 valence electrons. The highest BCUT2D eigenvalue weighted by Gasteiger charge is 2.12. The van der Waals surface area contributed by atoms with Crippen LogP contribution in [0.25, 0.3) is 0 Å². The van der Waals surface area contributed by atoms with Gasteiger partial charge in [-0.05, 0) is 11.8 Å². The second kappa shape index (κ2) is 3.26. The Balaban J connectivity index is 3.74. The Hall–Kier alpha value is 0.0300. The number of allylic oxidation sites excluding steroid dienone is 1. The van der Waals surface area contributed by atoms with Crippen molar-refractivity contribution in [1.29, 1.82) is 0 Å². The zero-order chi connectivity index (χ0) is 7.49. The predicted octanol–water partition coefficient (Wildman–Crippen LogP) is 3.22. The van der Waals surface area contributed by atoms with Gasteiger partial charge in [0.05, 0.1) is 0 Å². The molecule has 1 heteroatoms. The first-order valence-corrected chi connectivity index (χ1v) is 3.76. The van der Waals surface area contributed by atoms with Crippen LogP contribution in [-0.2, 0) is 0 Å². The quantitative estimate of drug-likeness (QED) is 0.415. The van der Waals surface area contributed by atoms with E-state index < -0.39 is 0 Å². The molecular formula is C8H15Cl. The Labute approximate surface area is 62.9 Å². The first-order valence-electron chi connectivity index (χ1n) is 3.22. The molecule has 0 unspecified atom stereocenters. The van der Waals surface area contributed by atoms with Gasteiger partial charge in [-0.25, -0.2) is 0 Å². The molecule has 0 saturated heterocycles. The summed E-state index contributed by atoms with van der Waals surface area (Å²) in [6, 6.07) is 0. The van der Waals surface area contributed by atoms with Crippen molar-refractivity contribution < 1.29 is 0 Å². The van der Waals surface area contributed by atoms with Gasteiger partial charge in [0.2, 0.25) is 0 Å². The molecule has 0 aliphatic carbocycles. The molecule has 0 N–H and O–H groups in total. The van der Waals surface area contributed by atoms with E-state index in [4.69, 9.17) is 11.6 Å². The largest absolute Gasteiger partial charge is 0.126 e. The summed E-state index contributed by atoms with van der Waals surface area (Å²) in [5, 5.41) is 0. The van der Waals surface area contributed by atoms with Gasteiger partial charge < -0.3 is 0 Å². The zero-order valence-electron chi connectivity index (χ0n) is 6.50. The summed E-state index contributed by atoms with van der Waals surface area (Å²) in [4.78, 5) is 0. The monoisotopic (exact) mass is 146 g/mol. The fourth-order valence-electron chi connectivity index (χ4n) is 0.489. The average molecular weight is 147 g/mol. The molecular weight excluding hydrogens is 132 g/mol. The zero-order valence-corrected chi connectivity index (χ0v) is 7.26. The molecule has 0 nitrogen and oxygen atoms in total. The highest BCUT2D eigenvalue weighted by Crippen LogP contribution is 2.25. The van der Waals surface area contributed by atoms with Crippen LogP contribution in [-0.4, -0.2) is 5.88 Å². The molecule has 0 fully saturated rings. The molecule has 0 saturated carbocycles. The lowest BCUT2D eigenvalue weighted by molar-refractivity contribution is 0.491. The van der Waals surface area contributed by atoms with Crippen molar-refractivity contribution in [3.05, 3.63) is 12.2 Å². The topological polar surface area (TPSA) is 0 Å². The molecule has 0 bridgehead atoms. The minimum Gasteiger partial charge on any atom is -0.126 e. The van der Waals surface area contributed by atoms with Crippen molar-refractivity contribution in [2.75, 3.05) is 5.88 Å². The molecule has 0 aromatic carbocycles. The van der Waals surface area contributed by atoms with Crippen LogP contribution in [0.15, 0.2) is 12.2 Å². The lowest BCUT2D eigenvalue weighted by Gasteiger charge is -2.20. The molecule has 0 atom stereocenters. The van der Waals surface area contributed by atoms with Gasteiger partial charge in [0.1, 0.15) is 0 Å². The Morgan fingerprint density at radius 2 is 1.89 bits per heavy atom. The number of hydrogen-bond acceptors (Lipinski definition) is 0. The van der Waals surface area contributed by atoms with Gasteiger partial charge in [-0.1, -0.05) is 32.9 Å². The smallest absolute Gasteiger partial charge is 0.0260 e. The third-order valence-corrected chi connectivity index (χ3v) is 1.65. The van der Waals surface area contributed by atoms with Crippen molar-refractivity contribution in [2.24, 2.45) is 5.41 Å². The van der Waals surface area contributed by atoms with E-state index in [-0.39, 0.29) is 5.41 Å². The number of rotatable bonds is 2. The van der Waals surface area contributed by atoms with Crippen LogP contribution in [0.4, 0.5) is 0 Å². The highest BCUT2D eigenvalue weighted by atomic mass is 35.5. The molecule has 0 heterocycles. The van der Waals surface area contributed by atoms with Gasteiger partial charge >= 0.3 is 0 Å². The van der Waals surface area contributed by atoms with E-state index in [9.17, 15) is 0 Å². The summed E-state index contributed by atoms with van der Waals surface area (Å²) in [5.74, 6) is 0.691. The van der Waals surface area contributed by atoms with Crippen molar-refractivity contribution in [2.45, 2.75) is 27.2 Å². The Morgan fingerprint density at radius 1 is 1.44 bits per heavy atom. The Bertz CT molecular complexity index is 97.6. The van der Waals surface area contributed by atoms with Crippen molar-refractivity contribution in [1.82, 2.24) is 0 Å². The molecule has 0 amide bonds. The Kier molecular flexibility index (Phi) is 3.27. The summed E-state index contributed by atoms with van der Waals surface area (Å²) < 4.78 is 0. The van der Waals surface area contributed by atoms with Crippen LogP contribution in [0.1, 0.15) is 27.2 Å². The number of alkyl halides is 1. The van der Waals surface area contributed by atoms with Gasteiger partial charge in [-0.15, -0.1) is 11.6 Å². The summed E-state index contributed by atoms with van der Waals surface area (Å²) in [5.41, 5.74) is 1.46. The van der Waals surface area contributed by atoms with E-state index >= 15 is 0 Å². The van der Waals surface area contributed by atoms with Gasteiger partial charge in [0.15, 0.2) is 0 Å². The molecule has 0 aliphatic heterocycles. The van der Waals surface area contributed by atoms with Crippen LogP contribution in [0.5, 0.6) is 0 Å². The van der Waals surface area contributed by atoms with Crippen molar-refractivity contribution in [3.63, 3.8) is 0 Å². The fraction of sp³-hybridized carbons (Fsp3) is 0.750. The third kappa shape index (κ3) is 3.58. The first-order chi connectivity index (χ1) is 3.98. The van der Waals surface area contributed by atoms with E-state index in [1.807, 2.05) is 0 Å². The maximum absolute atomic E-state index is 5.54. The van der Waals surface area contributed by atoms with E-state index in [1.54, 1.807) is 0 Å². The summed E-state index contributed by atoms with van der Waals surface area (Å²) in [6.45, 7) is 10.4. The second-order valence-electron chi connectivity index (χ2n) is 3.29. The van der Waals surface area contributed by atoms with Crippen LogP contribution < -0.4 is 0 Å². The minimum atomic E-state index is 0.231. The SMILES string of the molecule is C=C(CCCl)C(C)(C)C. The molecule has 0 aromatic rings. The lowest BCUT2D eigenvalue weighted by atomic mass is 9.86. The lowest BCUT2D eigenvalue weighted by Crippen LogP contribution is -2.08. The molecule has 0 radical (unpaired) electrons. The summed E-state index contributed by atoms with van der Waals surface area (Å²) >= 11 is 5.54. The molecule has 0 spiro atoms. The first kappa shape index (κ1) is 9.03. The van der Waals surface area contributed by atoms with Gasteiger partial charge in [-0.3, -0.25) is 0 Å². The molecule has 0 rings (SSSR count). The second-order valence-corrected chi connectivity index (χ2v) is 3.67. The van der Waals surface area contributed by atoms with Crippen LogP contribution in [0.3, 0.4) is 0 Å². The van der Waals surface area contributed by atoms with Crippen molar-refractivity contribution >= 4 is 11.6 Å². The van der Waals surface area contributed by atoms with Gasteiger partial charge in [0, 0.05) is 5.88 Å². The Morgan fingerprint density at radius 3 is 2.00 bits per heavy atom. The average Bonchev–Trinajstić information content (AvgIpc) is 1.64. The number of hydrogen-bond donors (Lipinski definition) is 0. The van der Waals surface area contributed by atoms with Crippen LogP contribution >= 0.6 is 11.6 Å². The summed E-state index contributed by atoms with van der Waals surface area (Å²) in [6.07, 6.45) is 0.936. The van der Waals surface area contributed by atoms with Gasteiger partial charge in [-0.2, -0.15) is 0 Å². The standard InChI is InChI=1S/C8H15Cl/c1-7(5-6-9)8(2,3)4/h1,5-6H2,2-4H3. The normalized spacial score (nSPS) is 11.6. The minimum absolute atomic E-state index is 0.231. The van der Waals surface area contributed by atoms with E-state index in [0.29, 0.717) is 5.88 Å². The fourth-order valence-corrected chi connectivity index (χ4v) is 0.717. The van der Waals surface area contributed by atoms with E-state index in [1.165, 1.54) is 5.57 Å². The molecule has 9 heavy (non-hydrogen) atoms. The molecule has 0 aromatic heterocycles. The predicted molar refractivity (Wildman–Crippen MR) is 43.9 cm³/mol. The summed E-state index contributed by atoms with van der Waals surface area (Å²) in [7, 11) is 0. The number of halogens is 1. The third-order valence-electron chi connectivity index (χ3n) is 1.46. The van der Waals surface area contributed by atoms with E-state index in [0.717, 1.165) is 6.42 Å². The van der Waals surface area contributed by atoms with E-state index in [2.05, 4.69) is 27.4 Å². The van der Waals surface area contributed by atoms with Crippen molar-refractivity contribution in [3.8, 4) is 0 Å². The van der Waals surface area contributed by atoms with Gasteiger partial charge in [0.25, 0.3) is 0 Å². The molecule has 0 aliphatic rings. The van der Waals surface area contributed by atoms with Crippen LogP contribution in [0.2, 0.25) is 0 Å².